The summed E-state index contributed by atoms with van der Waals surface area (Å²) in [5.74, 6) is 1.14. The summed E-state index contributed by atoms with van der Waals surface area (Å²) < 4.78 is 7.76. The molecule has 21 heavy (non-hydrogen) atoms. The summed E-state index contributed by atoms with van der Waals surface area (Å²) in [6, 6.07) is 0.566. The molecule has 0 aliphatic carbocycles. The van der Waals surface area contributed by atoms with Gasteiger partial charge in [-0.05, 0) is 46.6 Å². The van der Waals surface area contributed by atoms with Crippen LogP contribution in [0.4, 0.5) is 5.95 Å². The van der Waals surface area contributed by atoms with E-state index in [-0.39, 0.29) is 0 Å². The number of imidazole rings is 1. The van der Waals surface area contributed by atoms with Gasteiger partial charge in [-0.1, -0.05) is 0 Å². The number of aryl methyl sites for hydroxylation is 2. The molecule has 2 heterocycles. The molecule has 1 aliphatic rings. The highest BCUT2D eigenvalue weighted by Gasteiger charge is 2.25. The second-order valence-electron chi connectivity index (χ2n) is 5.83. The molecule has 5 nitrogen and oxygen atoms in total. The van der Waals surface area contributed by atoms with Gasteiger partial charge in [0.2, 0.25) is 5.95 Å². The molecule has 0 amide bonds. The van der Waals surface area contributed by atoms with Crippen LogP contribution in [-0.4, -0.2) is 48.9 Å². The molecule has 2 rings (SSSR count). The number of anilines is 1. The molecule has 0 bridgehead atoms. The molecule has 1 unspecified atom stereocenters. The van der Waals surface area contributed by atoms with Gasteiger partial charge in [0.05, 0.1) is 5.69 Å². The summed E-state index contributed by atoms with van der Waals surface area (Å²) in [6.07, 6.45) is 7.07. The van der Waals surface area contributed by atoms with E-state index in [0.29, 0.717) is 6.04 Å². The summed E-state index contributed by atoms with van der Waals surface area (Å²) in [5.41, 5.74) is 1.11. The predicted molar refractivity (Wildman–Crippen MR) is 87.0 cm³/mol. The fourth-order valence-corrected chi connectivity index (χ4v) is 3.12. The SMILES string of the molecule is CCOCCCn1cc(C)nc1N1CCCCC1CNC. The van der Waals surface area contributed by atoms with Crippen LogP contribution < -0.4 is 10.2 Å². The van der Waals surface area contributed by atoms with Crippen LogP contribution in [0.15, 0.2) is 6.20 Å². The molecule has 0 radical (unpaired) electrons. The molecule has 1 aromatic rings. The van der Waals surface area contributed by atoms with Crippen molar-refractivity contribution in [3.63, 3.8) is 0 Å². The van der Waals surface area contributed by atoms with Crippen LogP contribution in [0.25, 0.3) is 0 Å². The topological polar surface area (TPSA) is 42.3 Å². The summed E-state index contributed by atoms with van der Waals surface area (Å²) >= 11 is 0. The maximum absolute atomic E-state index is 5.45. The average molecular weight is 294 g/mol. The van der Waals surface area contributed by atoms with Crippen LogP contribution in [0.2, 0.25) is 0 Å². The summed E-state index contributed by atoms with van der Waals surface area (Å²) in [6.45, 7) is 8.89. The van der Waals surface area contributed by atoms with Crippen molar-refractivity contribution in [1.82, 2.24) is 14.9 Å². The first-order valence-corrected chi connectivity index (χ1v) is 8.29. The number of nitrogens with zero attached hydrogens (tertiary/aromatic N) is 3. The number of nitrogens with one attached hydrogen (secondary N) is 1. The Hall–Kier alpha value is -1.07. The van der Waals surface area contributed by atoms with Gasteiger partial charge in [0.1, 0.15) is 0 Å². The molecule has 0 saturated carbocycles. The van der Waals surface area contributed by atoms with Crippen LogP contribution in [-0.2, 0) is 11.3 Å². The highest BCUT2D eigenvalue weighted by Crippen LogP contribution is 2.24. The van der Waals surface area contributed by atoms with Gasteiger partial charge in [-0.3, -0.25) is 0 Å². The third-order valence-corrected chi connectivity index (χ3v) is 4.09. The molecule has 1 aromatic heterocycles. The highest BCUT2D eigenvalue weighted by molar-refractivity contribution is 5.36. The maximum Gasteiger partial charge on any atom is 0.206 e. The standard InChI is InChI=1S/C16H30N4O/c1-4-21-11-7-9-19-13-14(2)18-16(19)20-10-6-5-8-15(20)12-17-3/h13,15,17H,4-12H2,1-3H3. The van der Waals surface area contributed by atoms with Crippen molar-refractivity contribution < 1.29 is 4.74 Å². The number of likely N-dealkylation sites (N-methyl/N-ethyl adjacent to an activating group) is 1. The van der Waals surface area contributed by atoms with E-state index in [4.69, 9.17) is 9.72 Å². The smallest absolute Gasteiger partial charge is 0.206 e. The van der Waals surface area contributed by atoms with Crippen molar-refractivity contribution in [1.29, 1.82) is 0 Å². The minimum Gasteiger partial charge on any atom is -0.382 e. The summed E-state index contributed by atoms with van der Waals surface area (Å²) in [4.78, 5) is 7.28. The first-order valence-electron chi connectivity index (χ1n) is 8.29. The van der Waals surface area contributed by atoms with Crippen LogP contribution in [0, 0.1) is 6.92 Å². The monoisotopic (exact) mass is 294 g/mol. The Bertz CT molecular complexity index is 416. The van der Waals surface area contributed by atoms with Crippen LogP contribution in [0.5, 0.6) is 0 Å². The van der Waals surface area contributed by atoms with Crippen molar-refractivity contribution in [3.05, 3.63) is 11.9 Å². The minimum atomic E-state index is 0.566. The average Bonchev–Trinajstić information content (AvgIpc) is 2.85. The highest BCUT2D eigenvalue weighted by atomic mass is 16.5. The zero-order chi connectivity index (χ0) is 15.1. The van der Waals surface area contributed by atoms with E-state index < -0.39 is 0 Å². The number of aromatic nitrogens is 2. The molecule has 1 saturated heterocycles. The van der Waals surface area contributed by atoms with Gasteiger partial charge < -0.3 is 19.5 Å². The van der Waals surface area contributed by atoms with Gasteiger partial charge in [0.15, 0.2) is 0 Å². The van der Waals surface area contributed by atoms with E-state index in [9.17, 15) is 0 Å². The Balaban J connectivity index is 2.06. The van der Waals surface area contributed by atoms with E-state index in [0.717, 1.165) is 50.9 Å². The fourth-order valence-electron chi connectivity index (χ4n) is 3.12. The third kappa shape index (κ3) is 4.45. The Morgan fingerprint density at radius 2 is 2.29 bits per heavy atom. The zero-order valence-corrected chi connectivity index (χ0v) is 13.8. The van der Waals surface area contributed by atoms with E-state index in [1.807, 2.05) is 14.0 Å². The summed E-state index contributed by atoms with van der Waals surface area (Å²) in [7, 11) is 2.03. The molecule has 0 aromatic carbocycles. The van der Waals surface area contributed by atoms with Crippen molar-refractivity contribution >= 4 is 5.95 Å². The lowest BCUT2D eigenvalue weighted by Gasteiger charge is -2.36. The lowest BCUT2D eigenvalue weighted by atomic mass is 10.0. The molecule has 0 spiro atoms. The first-order chi connectivity index (χ1) is 10.3. The Labute approximate surface area is 128 Å². The van der Waals surface area contributed by atoms with Crippen LogP contribution in [0.3, 0.4) is 0 Å². The Kier molecular flexibility index (Phi) is 6.51. The van der Waals surface area contributed by atoms with Crippen LogP contribution >= 0.6 is 0 Å². The van der Waals surface area contributed by atoms with Gasteiger partial charge >= 0.3 is 0 Å². The van der Waals surface area contributed by atoms with E-state index in [1.165, 1.54) is 19.3 Å². The lowest BCUT2D eigenvalue weighted by molar-refractivity contribution is 0.141. The molecule has 1 atom stereocenters. The van der Waals surface area contributed by atoms with E-state index >= 15 is 0 Å². The van der Waals surface area contributed by atoms with Crippen molar-refractivity contribution in [2.75, 3.05) is 38.3 Å². The summed E-state index contributed by atoms with van der Waals surface area (Å²) in [5, 5.41) is 3.32. The number of hydrogen-bond acceptors (Lipinski definition) is 4. The first kappa shape index (κ1) is 16.3. The van der Waals surface area contributed by atoms with Crippen molar-refractivity contribution in [2.45, 2.75) is 52.1 Å². The number of ether oxygens (including phenoxy) is 1. The van der Waals surface area contributed by atoms with Gasteiger partial charge in [0, 0.05) is 45.1 Å². The van der Waals surface area contributed by atoms with Crippen LogP contribution in [0.1, 0.15) is 38.3 Å². The zero-order valence-electron chi connectivity index (χ0n) is 13.8. The van der Waals surface area contributed by atoms with Crippen molar-refractivity contribution in [2.24, 2.45) is 0 Å². The van der Waals surface area contributed by atoms with Gasteiger partial charge in [-0.15, -0.1) is 0 Å². The maximum atomic E-state index is 5.45. The fraction of sp³-hybridized carbons (Fsp3) is 0.812. The normalized spacial score (nSPS) is 19.2. The molecule has 1 N–H and O–H groups in total. The Morgan fingerprint density at radius 1 is 1.43 bits per heavy atom. The van der Waals surface area contributed by atoms with E-state index in [1.54, 1.807) is 0 Å². The number of piperidine rings is 1. The molecule has 120 valence electrons. The quantitative estimate of drug-likeness (QED) is 0.746. The van der Waals surface area contributed by atoms with Crippen molar-refractivity contribution in [3.8, 4) is 0 Å². The largest absolute Gasteiger partial charge is 0.382 e. The number of hydrogen-bond donors (Lipinski definition) is 1. The molecule has 5 heteroatoms. The number of rotatable bonds is 8. The van der Waals surface area contributed by atoms with Gasteiger partial charge in [0.25, 0.3) is 0 Å². The predicted octanol–water partition coefficient (Wildman–Crippen LogP) is 2.20. The molecular weight excluding hydrogens is 264 g/mol. The second kappa shape index (κ2) is 8.39. The van der Waals surface area contributed by atoms with Gasteiger partial charge in [-0.2, -0.15) is 0 Å². The second-order valence-corrected chi connectivity index (χ2v) is 5.83. The molecule has 1 aliphatic heterocycles. The Morgan fingerprint density at radius 3 is 3.05 bits per heavy atom. The van der Waals surface area contributed by atoms with E-state index in [2.05, 4.69) is 27.9 Å². The molecular formula is C16H30N4O. The third-order valence-electron chi connectivity index (χ3n) is 4.09. The minimum absolute atomic E-state index is 0.566. The molecule has 1 fully saturated rings. The van der Waals surface area contributed by atoms with Gasteiger partial charge in [-0.25, -0.2) is 4.98 Å². The lowest BCUT2D eigenvalue weighted by Crippen LogP contribution is -2.46.